The van der Waals surface area contributed by atoms with Gasteiger partial charge in [0.05, 0.1) is 16.6 Å². The lowest BCUT2D eigenvalue weighted by atomic mass is 10.1. The van der Waals surface area contributed by atoms with Gasteiger partial charge in [-0.2, -0.15) is 0 Å². The monoisotopic (exact) mass is 1140 g/mol. The van der Waals surface area contributed by atoms with Crippen molar-refractivity contribution in [3.05, 3.63) is 337 Å². The number of benzene rings is 8. The van der Waals surface area contributed by atoms with Gasteiger partial charge >= 0.3 is 0 Å². The van der Waals surface area contributed by atoms with Crippen LogP contribution in [0.15, 0.2) is 293 Å². The lowest BCUT2D eigenvalue weighted by Gasteiger charge is -1.98. The van der Waals surface area contributed by atoms with E-state index in [0.29, 0.717) is 0 Å². The number of aryl methyl sites for hydroxylation is 8. The van der Waals surface area contributed by atoms with E-state index in [1.165, 1.54) is 103 Å². The number of fused-ring (bicyclic) bond motifs is 8. The Morgan fingerprint density at radius 1 is 0.216 bits per heavy atom. The summed E-state index contributed by atoms with van der Waals surface area (Å²) in [6, 6.07) is 76.2. The Hall–Kier alpha value is -11.0. The molecule has 0 aliphatic heterocycles. The van der Waals surface area contributed by atoms with Gasteiger partial charge in [-0.15, -0.1) is 0 Å². The standard InChI is InChI=1S/8C10H9N/c1-8-4-2-6-10-9(8)5-3-7-11-10;1-8-4-2-5-9-6-3-7-11-10(8)9;1-8-3-2-4-9-7-11-6-5-10(8)9;1-8-3-2-4-9-5-6-11-7-10(8)9;1-8-6-11-7-9-4-2-3-5-10(8)9;1-8-6-9-4-2-3-5-10(9)7-11-8;1-8-10-5-3-2-4-9(10)6-7-11-8;1-8-6-7-11-10-5-3-2-4-9(8)10/h8*2-7H,1H3. The smallest absolute Gasteiger partial charge is 0.0731 e. The molecule has 16 rings (SSSR count). The molecule has 0 atom stereocenters. The Balaban J connectivity index is 0.000000120. The van der Waals surface area contributed by atoms with Crippen molar-refractivity contribution < 1.29 is 0 Å². The van der Waals surface area contributed by atoms with Crippen molar-refractivity contribution in [2.45, 2.75) is 55.4 Å². The van der Waals surface area contributed by atoms with Gasteiger partial charge in [-0.1, -0.05) is 170 Å². The van der Waals surface area contributed by atoms with Gasteiger partial charge in [-0.3, -0.25) is 39.9 Å². The number of rotatable bonds is 0. The Kier molecular flexibility index (Phi) is 21.9. The summed E-state index contributed by atoms with van der Waals surface area (Å²) in [6.45, 7) is 16.6. The van der Waals surface area contributed by atoms with Crippen molar-refractivity contribution in [1.82, 2.24) is 39.9 Å². The van der Waals surface area contributed by atoms with E-state index in [2.05, 4.69) is 209 Å². The summed E-state index contributed by atoms with van der Waals surface area (Å²) in [5.41, 5.74) is 13.1. The second-order valence-corrected chi connectivity index (χ2v) is 21.3. The molecular formula is C80H72N8. The zero-order chi connectivity index (χ0) is 61.5. The highest BCUT2D eigenvalue weighted by molar-refractivity contribution is 5.88. The number of aromatic nitrogens is 8. The van der Waals surface area contributed by atoms with Gasteiger partial charge in [0, 0.05) is 123 Å². The maximum Gasteiger partial charge on any atom is 0.0731 e. The van der Waals surface area contributed by atoms with E-state index in [1.54, 1.807) is 0 Å². The molecule has 0 radical (unpaired) electrons. The first-order valence-corrected chi connectivity index (χ1v) is 29.4. The van der Waals surface area contributed by atoms with Crippen LogP contribution in [0.2, 0.25) is 0 Å². The molecule has 8 aromatic heterocycles. The van der Waals surface area contributed by atoms with Gasteiger partial charge in [-0.25, -0.2) is 0 Å². The lowest BCUT2D eigenvalue weighted by Crippen LogP contribution is -1.80. The lowest BCUT2D eigenvalue weighted by molar-refractivity contribution is 1.22. The van der Waals surface area contributed by atoms with Gasteiger partial charge in [0.15, 0.2) is 0 Å². The van der Waals surface area contributed by atoms with E-state index in [-0.39, 0.29) is 0 Å². The minimum Gasteiger partial charge on any atom is -0.264 e. The summed E-state index contributed by atoms with van der Waals surface area (Å²) < 4.78 is 0. The van der Waals surface area contributed by atoms with Gasteiger partial charge in [0.1, 0.15) is 0 Å². The molecule has 0 fully saturated rings. The van der Waals surface area contributed by atoms with Gasteiger partial charge in [0.25, 0.3) is 0 Å². The molecule has 0 bridgehead atoms. The summed E-state index contributed by atoms with van der Waals surface area (Å²) in [6.07, 6.45) is 20.5. The summed E-state index contributed by atoms with van der Waals surface area (Å²) in [5.74, 6) is 0. The second kappa shape index (κ2) is 31.3. The van der Waals surface area contributed by atoms with E-state index in [0.717, 1.165) is 27.9 Å². The molecule has 8 heterocycles. The largest absolute Gasteiger partial charge is 0.264 e. The minimum atomic E-state index is 1.07. The molecule has 16 aromatic rings. The van der Waals surface area contributed by atoms with Crippen LogP contribution in [0.4, 0.5) is 0 Å². The molecule has 0 aliphatic carbocycles. The third-order valence-corrected chi connectivity index (χ3v) is 14.9. The fraction of sp³-hybridized carbons (Fsp3) is 0.100. The zero-order valence-electron chi connectivity index (χ0n) is 51.3. The Morgan fingerprint density at radius 2 is 0.670 bits per heavy atom. The number of hydrogen-bond acceptors (Lipinski definition) is 8. The fourth-order valence-corrected chi connectivity index (χ4v) is 10.0. The van der Waals surface area contributed by atoms with Gasteiger partial charge in [0.2, 0.25) is 0 Å². The van der Waals surface area contributed by atoms with Gasteiger partial charge in [-0.05, 0) is 170 Å². The topological polar surface area (TPSA) is 103 Å². The molecule has 0 N–H and O–H groups in total. The summed E-state index contributed by atoms with van der Waals surface area (Å²) in [4.78, 5) is 33.4. The van der Waals surface area contributed by atoms with Crippen LogP contribution in [0.5, 0.6) is 0 Å². The molecule has 88 heavy (non-hydrogen) atoms. The van der Waals surface area contributed by atoms with Gasteiger partial charge < -0.3 is 0 Å². The third-order valence-electron chi connectivity index (χ3n) is 14.9. The molecule has 432 valence electrons. The molecule has 0 unspecified atom stereocenters. The van der Waals surface area contributed by atoms with E-state index < -0.39 is 0 Å². The molecule has 0 saturated carbocycles. The summed E-state index contributed by atoms with van der Waals surface area (Å²) in [7, 11) is 0. The maximum atomic E-state index is 4.28. The predicted molar refractivity (Wildman–Crippen MR) is 372 cm³/mol. The predicted octanol–water partition coefficient (Wildman–Crippen LogP) is 20.3. The molecule has 0 saturated heterocycles. The van der Waals surface area contributed by atoms with Crippen molar-refractivity contribution in [2.24, 2.45) is 0 Å². The van der Waals surface area contributed by atoms with Crippen molar-refractivity contribution in [1.29, 1.82) is 0 Å². The van der Waals surface area contributed by atoms with Crippen molar-refractivity contribution in [2.75, 3.05) is 0 Å². The van der Waals surface area contributed by atoms with Crippen LogP contribution in [0.3, 0.4) is 0 Å². The number of nitrogens with zero attached hydrogens (tertiary/aromatic N) is 8. The fourth-order valence-electron chi connectivity index (χ4n) is 10.0. The number of pyridine rings is 8. The van der Waals surface area contributed by atoms with Crippen molar-refractivity contribution in [3.63, 3.8) is 0 Å². The molecule has 8 heteroatoms. The highest BCUT2D eigenvalue weighted by atomic mass is 14.7. The first-order valence-electron chi connectivity index (χ1n) is 29.4. The second-order valence-electron chi connectivity index (χ2n) is 21.3. The van der Waals surface area contributed by atoms with Crippen LogP contribution in [-0.2, 0) is 0 Å². The van der Waals surface area contributed by atoms with E-state index >= 15 is 0 Å². The minimum absolute atomic E-state index is 1.07. The van der Waals surface area contributed by atoms with Crippen molar-refractivity contribution >= 4 is 86.6 Å². The molecule has 0 amide bonds. The number of para-hydroxylation sites is 2. The molecular weight excluding hydrogens is 1070 g/mol. The Morgan fingerprint density at radius 3 is 1.39 bits per heavy atom. The van der Waals surface area contributed by atoms with Crippen LogP contribution >= 0.6 is 0 Å². The molecule has 8 aromatic carbocycles. The van der Waals surface area contributed by atoms with E-state index in [1.807, 2.05) is 179 Å². The highest BCUT2D eigenvalue weighted by Gasteiger charge is 1.99. The van der Waals surface area contributed by atoms with Crippen LogP contribution in [0.1, 0.15) is 44.8 Å². The van der Waals surface area contributed by atoms with Crippen LogP contribution < -0.4 is 0 Å². The maximum absolute atomic E-state index is 4.28. The quantitative estimate of drug-likeness (QED) is 0.148. The molecule has 8 nitrogen and oxygen atoms in total. The third kappa shape index (κ3) is 16.9. The average molecular weight is 1150 g/mol. The summed E-state index contributed by atoms with van der Waals surface area (Å²) in [5, 5.41) is 16.2. The SMILES string of the molecule is Cc1cc2ccccc2cn1.Cc1cccc2cccnc12.Cc1cccc2ccncc12.Cc1cccc2cnccc12.Cc1cccc2ncccc12.Cc1ccnc2ccccc12.Cc1cncc2ccccc12.Cc1nccc2ccccc12. The Labute approximate surface area is 516 Å². The molecule has 0 aliphatic rings. The Bertz CT molecular complexity index is 4080. The van der Waals surface area contributed by atoms with Crippen LogP contribution in [0.25, 0.3) is 86.6 Å². The van der Waals surface area contributed by atoms with Crippen LogP contribution in [0, 0.1) is 55.4 Å². The first kappa shape index (κ1) is 61.6. The zero-order valence-corrected chi connectivity index (χ0v) is 51.3. The first-order chi connectivity index (χ1) is 43.0. The van der Waals surface area contributed by atoms with E-state index in [9.17, 15) is 0 Å². The molecule has 0 spiro atoms. The van der Waals surface area contributed by atoms with Crippen LogP contribution in [-0.4, -0.2) is 39.9 Å². The van der Waals surface area contributed by atoms with Crippen molar-refractivity contribution in [3.8, 4) is 0 Å². The summed E-state index contributed by atoms with van der Waals surface area (Å²) >= 11 is 0. The number of hydrogen-bond donors (Lipinski definition) is 0. The highest BCUT2D eigenvalue weighted by Crippen LogP contribution is 2.21. The van der Waals surface area contributed by atoms with E-state index in [4.69, 9.17) is 0 Å². The normalized spacial score (nSPS) is 10.3. The average Bonchev–Trinajstić information content (AvgIpc) is 3.70.